The van der Waals surface area contributed by atoms with Crippen molar-refractivity contribution in [2.75, 3.05) is 13.1 Å². The van der Waals surface area contributed by atoms with E-state index in [0.717, 1.165) is 36.7 Å². The molecule has 0 bridgehead atoms. The molecule has 0 amide bonds. The molecule has 0 unspecified atom stereocenters. The maximum Gasteiger partial charge on any atom is 0.209 e. The second kappa shape index (κ2) is 23.2. The van der Waals surface area contributed by atoms with Gasteiger partial charge >= 0.3 is 0 Å². The highest BCUT2D eigenvalue weighted by atomic mass is 32.2. The van der Waals surface area contributed by atoms with Crippen molar-refractivity contribution in [2.24, 2.45) is 0 Å². The summed E-state index contributed by atoms with van der Waals surface area (Å²) < 4.78 is 2.42. The molecule has 0 atom stereocenters. The first-order valence-corrected chi connectivity index (χ1v) is 24.6. The van der Waals surface area contributed by atoms with Crippen LogP contribution in [-0.4, -0.2) is 39.2 Å². The van der Waals surface area contributed by atoms with Crippen LogP contribution < -0.4 is 0 Å². The number of thioether (sulfide) groups is 1. The van der Waals surface area contributed by atoms with Crippen LogP contribution >= 0.6 is 11.8 Å². The minimum absolute atomic E-state index is 0.0768. The Morgan fingerprint density at radius 1 is 0.617 bits per heavy atom. The van der Waals surface area contributed by atoms with Crippen molar-refractivity contribution in [1.82, 2.24) is 4.90 Å². The molecule has 2 heterocycles. The van der Waals surface area contributed by atoms with Crippen LogP contribution in [0.5, 0.6) is 0 Å². The molecule has 0 radical (unpaired) electrons. The molecule has 5 heteroatoms. The van der Waals surface area contributed by atoms with Gasteiger partial charge in [-0.1, -0.05) is 214 Å². The molecule has 0 saturated heterocycles. The van der Waals surface area contributed by atoms with E-state index in [-0.39, 0.29) is 17.0 Å². The van der Waals surface area contributed by atoms with E-state index in [1.165, 1.54) is 149 Å². The Labute approximate surface area is 367 Å². The normalized spacial score (nSPS) is 17.5. The first-order valence-electron chi connectivity index (χ1n) is 23.8. The molecule has 3 aromatic rings. The van der Waals surface area contributed by atoms with Crippen molar-refractivity contribution in [3.8, 4) is 0 Å². The fourth-order valence-corrected chi connectivity index (χ4v) is 10.5. The summed E-state index contributed by atoms with van der Waals surface area (Å²) in [5.74, 6) is 0.0339. The fourth-order valence-electron chi connectivity index (χ4n) is 9.27. The van der Waals surface area contributed by atoms with Gasteiger partial charge in [-0.25, -0.2) is 0 Å². The van der Waals surface area contributed by atoms with Crippen molar-refractivity contribution in [2.45, 2.75) is 162 Å². The molecule has 0 saturated carbocycles. The van der Waals surface area contributed by atoms with Gasteiger partial charge in [-0.15, -0.1) is 0 Å². The van der Waals surface area contributed by atoms with Gasteiger partial charge < -0.3 is 10.0 Å². The molecule has 4 nitrogen and oxygen atoms in total. The maximum absolute atomic E-state index is 14.2. The third kappa shape index (κ3) is 11.4. The molecule has 2 aliphatic heterocycles. The molecule has 6 rings (SSSR count). The van der Waals surface area contributed by atoms with Crippen molar-refractivity contribution in [1.29, 1.82) is 0 Å². The number of aliphatic hydroxyl groups excluding tert-OH is 1. The summed E-state index contributed by atoms with van der Waals surface area (Å²) >= 11 is 1.72. The van der Waals surface area contributed by atoms with E-state index in [2.05, 4.69) is 122 Å². The first-order chi connectivity index (χ1) is 29.4. The summed E-state index contributed by atoms with van der Waals surface area (Å²) in [6.45, 7) is 10.8. The summed E-state index contributed by atoms with van der Waals surface area (Å²) in [7, 11) is 0. The van der Waals surface area contributed by atoms with Crippen LogP contribution in [0.3, 0.4) is 0 Å². The van der Waals surface area contributed by atoms with E-state index in [1.54, 1.807) is 11.8 Å². The molecule has 3 aliphatic rings. The number of aliphatic hydroxyl groups is 1. The summed E-state index contributed by atoms with van der Waals surface area (Å²) in [5.41, 5.74) is 7.66. The Hall–Kier alpha value is -4.09. The van der Waals surface area contributed by atoms with Crippen LogP contribution in [0.2, 0.25) is 0 Å². The van der Waals surface area contributed by atoms with Crippen LogP contribution in [-0.2, 0) is 10.2 Å². The van der Waals surface area contributed by atoms with E-state index in [4.69, 9.17) is 0 Å². The minimum atomic E-state index is -0.289. The predicted octanol–water partition coefficient (Wildman–Crippen LogP) is 15.6. The van der Waals surface area contributed by atoms with Crippen LogP contribution in [0.1, 0.15) is 173 Å². The van der Waals surface area contributed by atoms with Crippen molar-refractivity contribution < 1.29 is 14.5 Å². The number of benzene rings is 3. The zero-order valence-electron chi connectivity index (χ0n) is 37.5. The van der Waals surface area contributed by atoms with Crippen LogP contribution in [0.4, 0.5) is 5.69 Å². The Balaban J connectivity index is 1.22. The van der Waals surface area contributed by atoms with Crippen LogP contribution in [0, 0.1) is 0 Å². The van der Waals surface area contributed by atoms with Gasteiger partial charge in [0.2, 0.25) is 11.5 Å². The number of rotatable bonds is 26. The number of allylic oxidation sites excluding steroid dienone is 4. The van der Waals surface area contributed by atoms with Gasteiger partial charge in [-0.3, -0.25) is 4.79 Å². The van der Waals surface area contributed by atoms with E-state index in [9.17, 15) is 9.90 Å². The number of unbranched alkanes of at least 4 members (excludes halogenated alkanes) is 18. The van der Waals surface area contributed by atoms with Crippen molar-refractivity contribution >= 4 is 39.5 Å². The summed E-state index contributed by atoms with van der Waals surface area (Å²) in [5, 5.41) is 12.8. The number of carbonyl (C=O) groups excluding carboxylic acids is 1. The van der Waals surface area contributed by atoms with Gasteiger partial charge in [0.25, 0.3) is 0 Å². The summed E-state index contributed by atoms with van der Waals surface area (Å²) in [6, 6.07) is 30.0. The minimum Gasteiger partial charge on any atom is -0.506 e. The maximum atomic E-state index is 14.2. The SMILES string of the molecule is CCCCCCCCCCCCN1C(c2ccccc2)=C(c2ccccc2)S/C1=C/C1=C(O)C(=C\C2=[N+](CCCCCCCCCCCC)c3ccccc3C2(C)C)/C1=O. The van der Waals surface area contributed by atoms with E-state index in [0.29, 0.717) is 11.1 Å². The lowest BCUT2D eigenvalue weighted by Gasteiger charge is -2.26. The van der Waals surface area contributed by atoms with E-state index in [1.807, 2.05) is 12.2 Å². The number of hydrogen-bond donors (Lipinski definition) is 1. The third-order valence-electron chi connectivity index (χ3n) is 12.9. The van der Waals surface area contributed by atoms with Crippen molar-refractivity contribution in [3.63, 3.8) is 0 Å². The van der Waals surface area contributed by atoms with E-state index < -0.39 is 0 Å². The molecular formula is C55H73N2O2S+. The quantitative estimate of drug-likeness (QED) is 0.0497. The largest absolute Gasteiger partial charge is 0.506 e. The predicted molar refractivity (Wildman–Crippen MR) is 258 cm³/mol. The topological polar surface area (TPSA) is 43.5 Å². The average molecular weight is 826 g/mol. The molecule has 1 N–H and O–H groups in total. The van der Waals surface area contributed by atoms with Gasteiger partial charge in [0, 0.05) is 35.6 Å². The Morgan fingerprint density at radius 2 is 1.12 bits per heavy atom. The molecule has 0 fully saturated rings. The zero-order valence-corrected chi connectivity index (χ0v) is 38.3. The number of nitrogens with zero attached hydrogens (tertiary/aromatic N) is 2. The summed E-state index contributed by atoms with van der Waals surface area (Å²) in [4.78, 5) is 17.8. The number of Topliss-reactive ketones (excluding diaryl/α,β-unsaturated/α-hetero) is 1. The van der Waals surface area contributed by atoms with Crippen molar-refractivity contribution in [3.05, 3.63) is 136 Å². The zero-order chi connectivity index (χ0) is 42.2. The number of fused-ring (bicyclic) bond motifs is 1. The van der Waals surface area contributed by atoms with Crippen LogP contribution in [0.15, 0.2) is 119 Å². The highest BCUT2D eigenvalue weighted by molar-refractivity contribution is 8.12. The lowest BCUT2D eigenvalue weighted by atomic mass is 9.78. The van der Waals surface area contributed by atoms with Gasteiger partial charge in [-0.05, 0) is 43.9 Å². The molecule has 0 aromatic heterocycles. The highest BCUT2D eigenvalue weighted by Crippen LogP contribution is 2.52. The van der Waals surface area contributed by atoms with Gasteiger partial charge in [-0.2, -0.15) is 4.58 Å². The second-order valence-corrected chi connectivity index (χ2v) is 18.9. The fraction of sp³-hybridized carbons (Fsp3) is 0.491. The first kappa shape index (κ1) is 45.4. The monoisotopic (exact) mass is 826 g/mol. The number of hydrogen-bond acceptors (Lipinski definition) is 4. The molecule has 60 heavy (non-hydrogen) atoms. The smallest absolute Gasteiger partial charge is 0.209 e. The van der Waals surface area contributed by atoms with Gasteiger partial charge in [0.05, 0.1) is 27.3 Å². The van der Waals surface area contributed by atoms with Gasteiger partial charge in [0.1, 0.15) is 12.3 Å². The standard InChI is InChI=1S/C55H72N2O2S/c1-5-7-9-11-13-15-17-19-21-31-39-56-48-38-30-29-37-47(48)55(3,4)49(56)41-45-52(58)46(53(45)59)42-50-57(40-32-22-20-18-16-14-12-10-8-6-2)51(43-33-25-23-26-34-43)54(60-50)44-35-27-24-28-36-44/h23-30,33-38,41-42H,5-22,31-32,39-40H2,1-4H3/p+1. The van der Waals surface area contributed by atoms with Crippen LogP contribution in [0.25, 0.3) is 10.6 Å². The number of carbonyl (C=O) groups is 1. The molecule has 3 aromatic carbocycles. The lowest BCUT2D eigenvalue weighted by molar-refractivity contribution is -0.438. The lowest BCUT2D eigenvalue weighted by Crippen LogP contribution is -2.31. The number of ketones is 1. The summed E-state index contributed by atoms with van der Waals surface area (Å²) in [6.07, 6.45) is 29.8. The molecular weight excluding hydrogens is 753 g/mol. The molecule has 320 valence electrons. The third-order valence-corrected chi connectivity index (χ3v) is 14.0. The molecule has 1 aliphatic carbocycles. The van der Waals surface area contributed by atoms with E-state index >= 15 is 0 Å². The highest BCUT2D eigenvalue weighted by Gasteiger charge is 2.46. The number of para-hydroxylation sites is 1. The average Bonchev–Trinajstić information content (AvgIpc) is 3.74. The second-order valence-electron chi connectivity index (χ2n) is 17.8. The molecule has 0 spiro atoms. The Kier molecular flexibility index (Phi) is 17.6. The Bertz CT molecular complexity index is 2020. The van der Waals surface area contributed by atoms with Gasteiger partial charge in [0.15, 0.2) is 5.71 Å². The Morgan fingerprint density at radius 3 is 1.68 bits per heavy atom.